The first-order chi connectivity index (χ1) is 6.59. The maximum atomic E-state index is 10.4. The minimum absolute atomic E-state index is 0.00562. The highest BCUT2D eigenvalue weighted by atomic mass is 16.4. The molecule has 0 aromatic carbocycles. The van der Waals surface area contributed by atoms with E-state index in [4.69, 9.17) is 10.8 Å². The van der Waals surface area contributed by atoms with Gasteiger partial charge in [-0.1, -0.05) is 6.07 Å². The molecule has 1 aromatic heterocycles. The molecule has 5 nitrogen and oxygen atoms in total. The smallest absolute Gasteiger partial charge is 0.317 e. The number of pyridine rings is 1. The molecule has 1 rings (SSSR count). The molecule has 14 heavy (non-hydrogen) atoms. The van der Waals surface area contributed by atoms with Crippen LogP contribution in [0.2, 0.25) is 0 Å². The summed E-state index contributed by atoms with van der Waals surface area (Å²) < 4.78 is 0. The van der Waals surface area contributed by atoms with E-state index >= 15 is 0 Å². The zero-order valence-electron chi connectivity index (χ0n) is 7.97. The molecule has 0 saturated carbocycles. The van der Waals surface area contributed by atoms with Crippen molar-refractivity contribution in [3.8, 4) is 0 Å². The summed E-state index contributed by atoms with van der Waals surface area (Å²) >= 11 is 0. The summed E-state index contributed by atoms with van der Waals surface area (Å²) in [6, 6.07) is 3.61. The molecule has 0 amide bonds. The predicted molar refractivity (Wildman–Crippen MR) is 52.6 cm³/mol. The Labute approximate surface area is 82.2 Å². The van der Waals surface area contributed by atoms with E-state index in [0.29, 0.717) is 12.4 Å². The molecule has 0 aliphatic carbocycles. The summed E-state index contributed by atoms with van der Waals surface area (Å²) in [6.07, 6.45) is 1.61. The Morgan fingerprint density at radius 1 is 1.71 bits per heavy atom. The molecule has 0 unspecified atom stereocenters. The molecule has 0 aliphatic heterocycles. The Hall–Kier alpha value is -1.62. The van der Waals surface area contributed by atoms with E-state index in [1.807, 2.05) is 6.07 Å². The van der Waals surface area contributed by atoms with E-state index < -0.39 is 5.97 Å². The van der Waals surface area contributed by atoms with Crippen molar-refractivity contribution < 1.29 is 9.90 Å². The van der Waals surface area contributed by atoms with Crippen LogP contribution in [0.15, 0.2) is 18.3 Å². The molecule has 0 bridgehead atoms. The third-order valence-corrected chi connectivity index (χ3v) is 1.77. The molecule has 3 N–H and O–H groups in total. The van der Waals surface area contributed by atoms with Crippen LogP contribution in [-0.2, 0) is 11.3 Å². The Morgan fingerprint density at radius 2 is 2.43 bits per heavy atom. The normalized spacial score (nSPS) is 10.4. The zero-order valence-corrected chi connectivity index (χ0v) is 7.97. The Morgan fingerprint density at radius 3 is 3.00 bits per heavy atom. The van der Waals surface area contributed by atoms with Gasteiger partial charge in [0.15, 0.2) is 0 Å². The van der Waals surface area contributed by atoms with Crippen molar-refractivity contribution >= 4 is 11.8 Å². The molecule has 76 valence electrons. The van der Waals surface area contributed by atoms with Crippen LogP contribution in [0.3, 0.4) is 0 Å². The first kappa shape index (κ1) is 10.5. The van der Waals surface area contributed by atoms with Crippen LogP contribution >= 0.6 is 0 Å². The van der Waals surface area contributed by atoms with Gasteiger partial charge in [0.25, 0.3) is 0 Å². The van der Waals surface area contributed by atoms with E-state index in [1.54, 1.807) is 24.2 Å². The van der Waals surface area contributed by atoms with E-state index in [1.165, 1.54) is 0 Å². The number of aromatic nitrogens is 1. The summed E-state index contributed by atoms with van der Waals surface area (Å²) in [6.45, 7) is 0.486. The van der Waals surface area contributed by atoms with Crippen LogP contribution in [0, 0.1) is 0 Å². The summed E-state index contributed by atoms with van der Waals surface area (Å²) in [4.78, 5) is 16.0. The average molecular weight is 195 g/mol. The lowest BCUT2D eigenvalue weighted by Gasteiger charge is -2.14. The minimum Gasteiger partial charge on any atom is -0.480 e. The van der Waals surface area contributed by atoms with Crippen LogP contribution in [0.5, 0.6) is 0 Å². The number of rotatable bonds is 4. The monoisotopic (exact) mass is 195 g/mol. The Bertz CT molecular complexity index is 328. The summed E-state index contributed by atoms with van der Waals surface area (Å²) in [5.74, 6) is -0.403. The van der Waals surface area contributed by atoms with Crippen LogP contribution in [0.1, 0.15) is 5.56 Å². The molecule has 0 aliphatic rings. The van der Waals surface area contributed by atoms with Gasteiger partial charge in [0.1, 0.15) is 5.82 Å². The molecule has 0 spiro atoms. The molecule has 0 fully saturated rings. The van der Waals surface area contributed by atoms with E-state index in [-0.39, 0.29) is 6.54 Å². The number of carbonyl (C=O) groups is 1. The third kappa shape index (κ3) is 3.02. The number of nitrogen functional groups attached to an aromatic ring is 1. The number of anilines is 1. The van der Waals surface area contributed by atoms with E-state index in [9.17, 15) is 4.79 Å². The largest absolute Gasteiger partial charge is 0.480 e. The number of carboxylic acid groups (broad SMARTS) is 1. The van der Waals surface area contributed by atoms with Crippen molar-refractivity contribution in [2.45, 2.75) is 6.54 Å². The fourth-order valence-electron chi connectivity index (χ4n) is 1.16. The highest BCUT2D eigenvalue weighted by molar-refractivity contribution is 5.69. The van der Waals surface area contributed by atoms with Crippen molar-refractivity contribution in [2.75, 3.05) is 19.3 Å². The lowest BCUT2D eigenvalue weighted by Crippen LogP contribution is -2.25. The highest BCUT2D eigenvalue weighted by Crippen LogP contribution is 2.08. The second-order valence-electron chi connectivity index (χ2n) is 3.11. The van der Waals surface area contributed by atoms with Crippen molar-refractivity contribution in [1.82, 2.24) is 9.88 Å². The fraction of sp³-hybridized carbons (Fsp3) is 0.333. The van der Waals surface area contributed by atoms with Gasteiger partial charge < -0.3 is 10.8 Å². The van der Waals surface area contributed by atoms with Crippen LogP contribution < -0.4 is 5.73 Å². The van der Waals surface area contributed by atoms with Gasteiger partial charge in [0.2, 0.25) is 0 Å². The van der Waals surface area contributed by atoms with Crippen molar-refractivity contribution in [1.29, 1.82) is 0 Å². The molecular weight excluding hydrogens is 182 g/mol. The zero-order chi connectivity index (χ0) is 10.6. The SMILES string of the molecule is CN(CC(=O)O)Cc1cccnc1N. The standard InChI is InChI=1S/C9H13N3O2/c1-12(6-8(13)14)5-7-3-2-4-11-9(7)10/h2-4H,5-6H2,1H3,(H2,10,11)(H,13,14). The lowest BCUT2D eigenvalue weighted by molar-refractivity contribution is -0.138. The number of aliphatic carboxylic acids is 1. The van der Waals surface area contributed by atoms with Crippen LogP contribution in [0.4, 0.5) is 5.82 Å². The highest BCUT2D eigenvalue weighted by Gasteiger charge is 2.06. The molecule has 0 radical (unpaired) electrons. The topological polar surface area (TPSA) is 79.5 Å². The van der Waals surface area contributed by atoms with Gasteiger partial charge in [-0.05, 0) is 13.1 Å². The maximum absolute atomic E-state index is 10.4. The summed E-state index contributed by atoms with van der Waals surface area (Å²) in [5, 5.41) is 8.54. The van der Waals surface area contributed by atoms with Crippen molar-refractivity contribution in [2.24, 2.45) is 0 Å². The number of nitrogens with two attached hydrogens (primary N) is 1. The molecule has 5 heteroatoms. The number of likely N-dealkylation sites (N-methyl/N-ethyl adjacent to an activating group) is 1. The second-order valence-corrected chi connectivity index (χ2v) is 3.11. The number of carboxylic acids is 1. The van der Waals surface area contributed by atoms with Gasteiger partial charge in [-0.2, -0.15) is 0 Å². The van der Waals surface area contributed by atoms with Crippen molar-refractivity contribution in [3.63, 3.8) is 0 Å². The molecular formula is C9H13N3O2. The van der Waals surface area contributed by atoms with Gasteiger partial charge in [0, 0.05) is 18.3 Å². The summed E-state index contributed by atoms with van der Waals surface area (Å²) in [7, 11) is 1.72. The van der Waals surface area contributed by atoms with Gasteiger partial charge in [-0.15, -0.1) is 0 Å². The van der Waals surface area contributed by atoms with E-state index in [0.717, 1.165) is 5.56 Å². The number of hydrogen-bond acceptors (Lipinski definition) is 4. The molecule has 0 saturated heterocycles. The lowest BCUT2D eigenvalue weighted by atomic mass is 10.2. The van der Waals surface area contributed by atoms with Gasteiger partial charge in [0.05, 0.1) is 6.54 Å². The van der Waals surface area contributed by atoms with Gasteiger partial charge >= 0.3 is 5.97 Å². The average Bonchev–Trinajstić information content (AvgIpc) is 2.07. The first-order valence-electron chi connectivity index (χ1n) is 4.19. The number of nitrogens with zero attached hydrogens (tertiary/aromatic N) is 2. The minimum atomic E-state index is -0.852. The summed E-state index contributed by atoms with van der Waals surface area (Å²) in [5.41, 5.74) is 6.46. The van der Waals surface area contributed by atoms with Gasteiger partial charge in [-0.3, -0.25) is 9.69 Å². The van der Waals surface area contributed by atoms with Crippen LogP contribution in [0.25, 0.3) is 0 Å². The molecule has 1 heterocycles. The third-order valence-electron chi connectivity index (χ3n) is 1.77. The Balaban J connectivity index is 2.60. The van der Waals surface area contributed by atoms with Gasteiger partial charge in [-0.25, -0.2) is 4.98 Å². The predicted octanol–water partition coefficient (Wildman–Crippen LogP) is 0.180. The molecule has 0 atom stereocenters. The quantitative estimate of drug-likeness (QED) is 0.716. The van der Waals surface area contributed by atoms with E-state index in [2.05, 4.69) is 4.98 Å². The Kier molecular flexibility index (Phi) is 3.41. The van der Waals surface area contributed by atoms with Crippen LogP contribution in [-0.4, -0.2) is 34.6 Å². The maximum Gasteiger partial charge on any atom is 0.317 e. The molecule has 1 aromatic rings. The first-order valence-corrected chi connectivity index (χ1v) is 4.19. The second kappa shape index (κ2) is 4.57. The van der Waals surface area contributed by atoms with Crippen molar-refractivity contribution in [3.05, 3.63) is 23.9 Å². The fourth-order valence-corrected chi connectivity index (χ4v) is 1.16. The number of hydrogen-bond donors (Lipinski definition) is 2.